The van der Waals surface area contributed by atoms with E-state index in [1.165, 1.54) is 50.5 Å². The molecule has 0 saturated heterocycles. The van der Waals surface area contributed by atoms with Crippen molar-refractivity contribution >= 4 is 0 Å². The Hall–Kier alpha value is -0.820. The predicted molar refractivity (Wildman–Crippen MR) is 81.1 cm³/mol. The molecule has 0 amide bonds. The smallest absolute Gasteiger partial charge is 0.0716 e. The lowest BCUT2D eigenvalue weighted by molar-refractivity contribution is 0.115. The van der Waals surface area contributed by atoms with E-state index in [4.69, 9.17) is 4.74 Å². The van der Waals surface area contributed by atoms with Crippen LogP contribution < -0.4 is 0 Å². The van der Waals surface area contributed by atoms with Gasteiger partial charge in [0.1, 0.15) is 0 Å². The van der Waals surface area contributed by atoms with Gasteiger partial charge in [0.15, 0.2) is 0 Å². The molecule has 0 aromatic heterocycles. The van der Waals surface area contributed by atoms with E-state index in [9.17, 15) is 0 Å². The number of ether oxygens (including phenoxy) is 1. The molecule has 0 aliphatic heterocycles. The van der Waals surface area contributed by atoms with Crippen molar-refractivity contribution < 1.29 is 4.74 Å². The molecule has 0 heterocycles. The van der Waals surface area contributed by atoms with E-state index in [2.05, 4.69) is 37.3 Å². The summed E-state index contributed by atoms with van der Waals surface area (Å²) >= 11 is 0. The van der Waals surface area contributed by atoms with Crippen LogP contribution in [0, 0.1) is 11.8 Å². The van der Waals surface area contributed by atoms with Gasteiger partial charge in [0.25, 0.3) is 0 Å². The lowest BCUT2D eigenvalue weighted by Crippen LogP contribution is -2.12. The minimum absolute atomic E-state index is 0.766. The fourth-order valence-electron chi connectivity index (χ4n) is 3.02. The molecule has 106 valence electrons. The predicted octanol–water partition coefficient (Wildman–Crippen LogP) is 5.20. The highest BCUT2D eigenvalue weighted by Crippen LogP contribution is 2.31. The lowest BCUT2D eigenvalue weighted by Gasteiger charge is -2.25. The molecule has 0 bridgehead atoms. The Labute approximate surface area is 118 Å². The fourth-order valence-corrected chi connectivity index (χ4v) is 3.02. The van der Waals surface area contributed by atoms with E-state index in [1.807, 2.05) is 0 Å². The molecule has 0 spiro atoms. The summed E-state index contributed by atoms with van der Waals surface area (Å²) in [6, 6.07) is 10.5. The highest BCUT2D eigenvalue weighted by Gasteiger charge is 2.17. The van der Waals surface area contributed by atoms with Crippen LogP contribution in [0.25, 0.3) is 0 Å². The van der Waals surface area contributed by atoms with E-state index >= 15 is 0 Å². The van der Waals surface area contributed by atoms with Gasteiger partial charge in [-0.2, -0.15) is 0 Å². The van der Waals surface area contributed by atoms with E-state index in [0.29, 0.717) is 0 Å². The first-order chi connectivity index (χ1) is 9.34. The second-order valence-corrected chi connectivity index (χ2v) is 6.16. The Kier molecular flexibility index (Phi) is 6.43. The molecule has 1 aliphatic carbocycles. The molecule has 0 unspecified atom stereocenters. The molecule has 0 N–H and O–H groups in total. The first-order valence-electron chi connectivity index (χ1n) is 7.96. The summed E-state index contributed by atoms with van der Waals surface area (Å²) in [4.78, 5) is 0. The summed E-state index contributed by atoms with van der Waals surface area (Å²) in [7, 11) is 0. The quantitative estimate of drug-likeness (QED) is 0.612. The third-order valence-corrected chi connectivity index (χ3v) is 4.40. The third-order valence-electron chi connectivity index (χ3n) is 4.40. The number of hydrogen-bond acceptors (Lipinski definition) is 1. The fraction of sp³-hybridized carbons (Fsp3) is 0.667. The summed E-state index contributed by atoms with van der Waals surface area (Å²) in [6.45, 7) is 4.08. The van der Waals surface area contributed by atoms with E-state index in [0.717, 1.165) is 25.0 Å². The van der Waals surface area contributed by atoms with Gasteiger partial charge in [-0.05, 0) is 23.8 Å². The van der Waals surface area contributed by atoms with E-state index in [-0.39, 0.29) is 0 Å². The maximum atomic E-state index is 5.73. The van der Waals surface area contributed by atoms with Crippen LogP contribution in [0.3, 0.4) is 0 Å². The van der Waals surface area contributed by atoms with E-state index in [1.54, 1.807) is 0 Å². The Morgan fingerprint density at radius 2 is 1.74 bits per heavy atom. The molecule has 1 aromatic carbocycles. The Bertz CT molecular complexity index is 325. The first-order valence-corrected chi connectivity index (χ1v) is 7.96. The van der Waals surface area contributed by atoms with Crippen molar-refractivity contribution in [1.29, 1.82) is 0 Å². The van der Waals surface area contributed by atoms with Crippen LogP contribution in [-0.2, 0) is 11.3 Å². The molecule has 19 heavy (non-hydrogen) atoms. The summed E-state index contributed by atoms with van der Waals surface area (Å²) in [5.41, 5.74) is 1.28. The van der Waals surface area contributed by atoms with Gasteiger partial charge in [-0.1, -0.05) is 75.8 Å². The molecule has 2 rings (SSSR count). The van der Waals surface area contributed by atoms with Gasteiger partial charge in [-0.15, -0.1) is 0 Å². The molecular formula is C18H28O. The van der Waals surface area contributed by atoms with Gasteiger partial charge in [0.05, 0.1) is 6.61 Å². The average molecular weight is 260 g/mol. The Balaban J connectivity index is 1.46. The summed E-state index contributed by atoms with van der Waals surface area (Å²) < 4.78 is 5.73. The van der Waals surface area contributed by atoms with Gasteiger partial charge in [0, 0.05) is 6.61 Å². The summed E-state index contributed by atoms with van der Waals surface area (Å²) in [5.74, 6) is 1.98. The SMILES string of the molecule is CC1CCC(CCCCOCc2ccccc2)CC1. The van der Waals surface area contributed by atoms with Crippen molar-refractivity contribution in [2.24, 2.45) is 11.8 Å². The number of rotatable bonds is 7. The highest BCUT2D eigenvalue weighted by atomic mass is 16.5. The topological polar surface area (TPSA) is 9.23 Å². The van der Waals surface area contributed by atoms with Crippen LogP contribution in [0.5, 0.6) is 0 Å². The van der Waals surface area contributed by atoms with E-state index < -0.39 is 0 Å². The van der Waals surface area contributed by atoms with Gasteiger partial charge < -0.3 is 4.74 Å². The molecule has 1 nitrogen and oxygen atoms in total. The largest absolute Gasteiger partial charge is 0.377 e. The maximum Gasteiger partial charge on any atom is 0.0716 e. The van der Waals surface area contributed by atoms with Crippen LogP contribution in [0.15, 0.2) is 30.3 Å². The molecule has 1 aliphatic rings. The Morgan fingerprint density at radius 1 is 1.00 bits per heavy atom. The summed E-state index contributed by atoms with van der Waals surface area (Å²) in [6.07, 6.45) is 9.82. The zero-order valence-corrected chi connectivity index (χ0v) is 12.3. The molecular weight excluding hydrogens is 232 g/mol. The van der Waals surface area contributed by atoms with Crippen molar-refractivity contribution in [3.05, 3.63) is 35.9 Å². The third kappa shape index (κ3) is 5.78. The van der Waals surface area contributed by atoms with Crippen molar-refractivity contribution in [3.63, 3.8) is 0 Å². The van der Waals surface area contributed by atoms with Crippen molar-refractivity contribution in [3.8, 4) is 0 Å². The zero-order valence-electron chi connectivity index (χ0n) is 12.3. The monoisotopic (exact) mass is 260 g/mol. The Morgan fingerprint density at radius 3 is 2.47 bits per heavy atom. The van der Waals surface area contributed by atoms with Gasteiger partial charge in [0.2, 0.25) is 0 Å². The average Bonchev–Trinajstić information content (AvgIpc) is 2.46. The minimum Gasteiger partial charge on any atom is -0.377 e. The van der Waals surface area contributed by atoms with Crippen LogP contribution >= 0.6 is 0 Å². The van der Waals surface area contributed by atoms with Crippen LogP contribution in [0.1, 0.15) is 57.4 Å². The normalized spacial score (nSPS) is 23.4. The minimum atomic E-state index is 0.766. The first kappa shape index (κ1) is 14.6. The second-order valence-electron chi connectivity index (χ2n) is 6.16. The number of hydrogen-bond donors (Lipinski definition) is 0. The number of benzene rings is 1. The van der Waals surface area contributed by atoms with Crippen LogP contribution in [0.2, 0.25) is 0 Å². The second kappa shape index (κ2) is 8.37. The van der Waals surface area contributed by atoms with Crippen LogP contribution in [-0.4, -0.2) is 6.61 Å². The summed E-state index contributed by atoms with van der Waals surface area (Å²) in [5, 5.41) is 0. The molecule has 1 saturated carbocycles. The molecule has 1 fully saturated rings. The zero-order chi connectivity index (χ0) is 13.3. The maximum absolute atomic E-state index is 5.73. The van der Waals surface area contributed by atoms with Crippen molar-refractivity contribution in [2.75, 3.05) is 6.61 Å². The number of unbranched alkanes of at least 4 members (excludes halogenated alkanes) is 1. The molecule has 1 aromatic rings. The lowest BCUT2D eigenvalue weighted by atomic mass is 9.81. The van der Waals surface area contributed by atoms with Crippen LogP contribution in [0.4, 0.5) is 0 Å². The van der Waals surface area contributed by atoms with Gasteiger partial charge in [-0.25, -0.2) is 0 Å². The van der Waals surface area contributed by atoms with Gasteiger partial charge in [-0.3, -0.25) is 0 Å². The highest BCUT2D eigenvalue weighted by molar-refractivity contribution is 5.13. The van der Waals surface area contributed by atoms with Gasteiger partial charge >= 0.3 is 0 Å². The molecule has 1 heteroatoms. The molecule has 0 atom stereocenters. The van der Waals surface area contributed by atoms with Crippen molar-refractivity contribution in [2.45, 2.75) is 58.5 Å². The molecule has 0 radical (unpaired) electrons. The standard InChI is InChI=1S/C18H28O/c1-16-10-12-17(13-11-16)7-5-6-14-19-15-18-8-3-2-4-9-18/h2-4,8-9,16-17H,5-7,10-15H2,1H3. The van der Waals surface area contributed by atoms with Crippen molar-refractivity contribution in [1.82, 2.24) is 0 Å².